The van der Waals surface area contributed by atoms with Crippen molar-refractivity contribution in [2.24, 2.45) is 0 Å². The second kappa shape index (κ2) is 9.60. The lowest BCUT2D eigenvalue weighted by Gasteiger charge is -2.14. The zero-order valence-electron chi connectivity index (χ0n) is 15.6. The van der Waals surface area contributed by atoms with Crippen LogP contribution >= 0.6 is 27.5 Å². The van der Waals surface area contributed by atoms with Gasteiger partial charge in [-0.3, -0.25) is 4.79 Å². The van der Waals surface area contributed by atoms with Crippen molar-refractivity contribution < 1.29 is 14.3 Å². The molecule has 0 aliphatic heterocycles. The molecule has 0 saturated carbocycles. The topological polar surface area (TPSA) is 59.3 Å². The Labute approximate surface area is 182 Å². The highest BCUT2D eigenvalue weighted by Crippen LogP contribution is 2.33. The summed E-state index contributed by atoms with van der Waals surface area (Å²) in [6.07, 6.45) is 0.690. The van der Waals surface area contributed by atoms with Crippen molar-refractivity contribution >= 4 is 33.8 Å². The number of benzene rings is 3. The fourth-order valence-electron chi connectivity index (χ4n) is 2.73. The predicted octanol–water partition coefficient (Wildman–Crippen LogP) is 6.25. The van der Waals surface area contributed by atoms with Crippen LogP contribution < -0.4 is 9.47 Å². The molecule has 0 spiro atoms. The van der Waals surface area contributed by atoms with Crippen LogP contribution in [0.1, 0.15) is 32.6 Å². The van der Waals surface area contributed by atoms with Crippen LogP contribution in [0.2, 0.25) is 5.02 Å². The van der Waals surface area contributed by atoms with E-state index in [2.05, 4.69) is 22.0 Å². The monoisotopic (exact) mass is 469 g/mol. The Balaban J connectivity index is 1.79. The molecule has 0 aliphatic rings. The Morgan fingerprint density at radius 3 is 2.59 bits per heavy atom. The summed E-state index contributed by atoms with van der Waals surface area (Å²) in [5, 5.41) is 9.35. The summed E-state index contributed by atoms with van der Waals surface area (Å²) >= 11 is 9.80. The molecular weight excluding hydrogens is 454 g/mol. The van der Waals surface area contributed by atoms with Gasteiger partial charge in [0.2, 0.25) is 0 Å². The summed E-state index contributed by atoms with van der Waals surface area (Å²) in [5.41, 5.74) is 3.81. The van der Waals surface area contributed by atoms with Crippen LogP contribution in [0.15, 0.2) is 59.1 Å². The second-order valence-electron chi connectivity index (χ2n) is 6.35. The van der Waals surface area contributed by atoms with E-state index in [0.717, 1.165) is 21.2 Å². The highest BCUT2D eigenvalue weighted by Gasteiger charge is 2.12. The summed E-state index contributed by atoms with van der Waals surface area (Å²) in [7, 11) is 0. The Bertz CT molecular complexity index is 1090. The first-order chi connectivity index (χ1) is 14.0. The molecule has 0 fully saturated rings. The number of halogens is 2. The van der Waals surface area contributed by atoms with Gasteiger partial charge in [-0.1, -0.05) is 51.8 Å². The van der Waals surface area contributed by atoms with E-state index in [1.54, 1.807) is 24.3 Å². The van der Waals surface area contributed by atoms with Gasteiger partial charge >= 0.3 is 0 Å². The first-order valence-corrected chi connectivity index (χ1v) is 9.96. The molecule has 0 saturated heterocycles. The summed E-state index contributed by atoms with van der Waals surface area (Å²) in [4.78, 5) is 11.4. The van der Waals surface area contributed by atoms with E-state index in [1.807, 2.05) is 31.2 Å². The van der Waals surface area contributed by atoms with Crippen molar-refractivity contribution in [3.05, 3.63) is 91.9 Å². The van der Waals surface area contributed by atoms with Crippen molar-refractivity contribution in [2.45, 2.75) is 20.1 Å². The molecule has 3 aromatic rings. The maximum absolute atomic E-state index is 11.4. The van der Waals surface area contributed by atoms with Crippen molar-refractivity contribution in [3.63, 3.8) is 0 Å². The summed E-state index contributed by atoms with van der Waals surface area (Å²) in [5.74, 6) is 0.796. The molecular formula is C23H17BrClNO3. The van der Waals surface area contributed by atoms with Gasteiger partial charge in [0.15, 0.2) is 6.29 Å². The van der Waals surface area contributed by atoms with Crippen molar-refractivity contribution in [1.29, 1.82) is 5.26 Å². The van der Waals surface area contributed by atoms with Crippen LogP contribution in [0, 0.1) is 18.3 Å². The molecule has 3 rings (SSSR count). The molecule has 0 amide bonds. The van der Waals surface area contributed by atoms with Crippen LogP contribution in [0.3, 0.4) is 0 Å². The molecule has 146 valence electrons. The number of hydrogen-bond donors (Lipinski definition) is 0. The van der Waals surface area contributed by atoms with Gasteiger partial charge in [0.05, 0.1) is 22.2 Å². The van der Waals surface area contributed by atoms with E-state index in [9.17, 15) is 4.79 Å². The number of rotatable bonds is 7. The Kier molecular flexibility index (Phi) is 6.92. The minimum atomic E-state index is 0.210. The second-order valence-corrected chi connectivity index (χ2v) is 7.61. The van der Waals surface area contributed by atoms with E-state index in [4.69, 9.17) is 26.3 Å². The minimum absolute atomic E-state index is 0.210. The SMILES string of the molecule is Cc1c(Br)cccc1COc1cc(OCc2cccc(C#N)c2)c(C=O)cc1Cl. The Hall–Kier alpha value is -2.81. The number of nitrogens with zero attached hydrogens (tertiary/aromatic N) is 1. The molecule has 0 unspecified atom stereocenters. The summed E-state index contributed by atoms with van der Waals surface area (Å²) in [6, 6.07) is 18.2. The van der Waals surface area contributed by atoms with Gasteiger partial charge < -0.3 is 9.47 Å². The quantitative estimate of drug-likeness (QED) is 0.383. The summed E-state index contributed by atoms with van der Waals surface area (Å²) < 4.78 is 12.7. The zero-order chi connectivity index (χ0) is 20.8. The van der Waals surface area contributed by atoms with Gasteiger partial charge in [0.1, 0.15) is 24.7 Å². The van der Waals surface area contributed by atoms with Crippen molar-refractivity contribution in [2.75, 3.05) is 0 Å². The van der Waals surface area contributed by atoms with Gasteiger partial charge in [0, 0.05) is 10.5 Å². The fourth-order valence-corrected chi connectivity index (χ4v) is 3.37. The molecule has 0 bridgehead atoms. The van der Waals surface area contributed by atoms with E-state index < -0.39 is 0 Å². The zero-order valence-corrected chi connectivity index (χ0v) is 18.0. The molecule has 29 heavy (non-hydrogen) atoms. The lowest BCUT2D eigenvalue weighted by atomic mass is 10.1. The highest BCUT2D eigenvalue weighted by atomic mass is 79.9. The normalized spacial score (nSPS) is 10.3. The van der Waals surface area contributed by atoms with Crippen LogP contribution in [0.25, 0.3) is 0 Å². The molecule has 0 aliphatic carbocycles. The van der Waals surface area contributed by atoms with E-state index >= 15 is 0 Å². The minimum Gasteiger partial charge on any atom is -0.488 e. The molecule has 4 nitrogen and oxygen atoms in total. The van der Waals surface area contributed by atoms with Gasteiger partial charge in [-0.25, -0.2) is 0 Å². The molecule has 0 aromatic heterocycles. The average molecular weight is 471 g/mol. The molecule has 0 heterocycles. The van der Waals surface area contributed by atoms with Gasteiger partial charge in [-0.15, -0.1) is 0 Å². The van der Waals surface area contributed by atoms with E-state index in [0.29, 0.717) is 40.5 Å². The maximum atomic E-state index is 11.4. The third kappa shape index (κ3) is 5.17. The lowest BCUT2D eigenvalue weighted by Crippen LogP contribution is -2.02. The number of aldehydes is 1. The van der Waals surface area contributed by atoms with Crippen molar-refractivity contribution in [3.8, 4) is 17.6 Å². The van der Waals surface area contributed by atoms with Crippen LogP contribution in [-0.2, 0) is 13.2 Å². The number of ether oxygens (including phenoxy) is 2. The predicted molar refractivity (Wildman–Crippen MR) is 116 cm³/mol. The molecule has 6 heteroatoms. The van der Waals surface area contributed by atoms with E-state index in [1.165, 1.54) is 6.07 Å². The maximum Gasteiger partial charge on any atom is 0.153 e. The standard InChI is InChI=1S/C23H17BrClNO3/c1-15-18(6-3-7-20(15)24)14-29-23-10-22(19(12-27)9-21(23)25)28-13-17-5-2-4-16(8-17)11-26/h2-10,12H,13-14H2,1H3. The molecule has 0 radical (unpaired) electrons. The number of nitriles is 1. The molecule has 3 aromatic carbocycles. The first-order valence-electron chi connectivity index (χ1n) is 8.79. The van der Waals surface area contributed by atoms with Gasteiger partial charge in [-0.05, 0) is 47.9 Å². The Morgan fingerprint density at radius 2 is 1.83 bits per heavy atom. The fraction of sp³-hybridized carbons (Fsp3) is 0.130. The van der Waals surface area contributed by atoms with Crippen LogP contribution in [-0.4, -0.2) is 6.29 Å². The number of carbonyl (C=O) groups excluding carboxylic acids is 1. The number of carbonyl (C=O) groups is 1. The number of hydrogen-bond acceptors (Lipinski definition) is 4. The van der Waals surface area contributed by atoms with Crippen LogP contribution in [0.5, 0.6) is 11.5 Å². The highest BCUT2D eigenvalue weighted by molar-refractivity contribution is 9.10. The first kappa shape index (κ1) is 20.9. The van der Waals surface area contributed by atoms with Gasteiger partial charge in [-0.2, -0.15) is 5.26 Å². The largest absolute Gasteiger partial charge is 0.488 e. The van der Waals surface area contributed by atoms with E-state index in [-0.39, 0.29) is 6.61 Å². The third-order valence-corrected chi connectivity index (χ3v) is 5.56. The molecule has 0 atom stereocenters. The lowest BCUT2D eigenvalue weighted by molar-refractivity contribution is 0.111. The van der Waals surface area contributed by atoms with Gasteiger partial charge in [0.25, 0.3) is 0 Å². The Morgan fingerprint density at radius 1 is 1.07 bits per heavy atom. The third-order valence-electron chi connectivity index (χ3n) is 4.40. The summed E-state index contributed by atoms with van der Waals surface area (Å²) in [6.45, 7) is 2.54. The van der Waals surface area contributed by atoms with Crippen molar-refractivity contribution in [1.82, 2.24) is 0 Å². The van der Waals surface area contributed by atoms with Crippen LogP contribution in [0.4, 0.5) is 0 Å². The molecule has 0 N–H and O–H groups in total. The average Bonchev–Trinajstić information content (AvgIpc) is 2.74. The smallest absolute Gasteiger partial charge is 0.153 e.